The molecule has 2 nitrogen and oxygen atoms in total. The molecular formula is C10H7F6NOS. The van der Waals surface area contributed by atoms with Gasteiger partial charge in [0.05, 0.1) is 5.75 Å². The molecule has 0 atom stereocenters. The van der Waals surface area contributed by atoms with E-state index in [4.69, 9.17) is 0 Å². The Morgan fingerprint density at radius 3 is 2.00 bits per heavy atom. The number of nitrogens with one attached hydrogen (secondary N) is 1. The van der Waals surface area contributed by atoms with Crippen molar-refractivity contribution in [3.63, 3.8) is 0 Å². The molecule has 0 saturated carbocycles. The summed E-state index contributed by atoms with van der Waals surface area (Å²) in [6.45, 7) is 0. The fourth-order valence-corrected chi connectivity index (χ4v) is 1.66. The number of anilines is 1. The van der Waals surface area contributed by atoms with E-state index in [0.717, 1.165) is 12.1 Å². The molecule has 0 radical (unpaired) electrons. The lowest BCUT2D eigenvalue weighted by Gasteiger charge is -2.09. The first-order valence-electron chi connectivity index (χ1n) is 4.76. The van der Waals surface area contributed by atoms with E-state index in [0.29, 0.717) is 11.8 Å². The van der Waals surface area contributed by atoms with E-state index in [2.05, 4.69) is 0 Å². The molecule has 0 aromatic heterocycles. The quantitative estimate of drug-likeness (QED) is 0.679. The third-order valence-corrected chi connectivity index (χ3v) is 2.85. The normalized spacial score (nSPS) is 12.3. The van der Waals surface area contributed by atoms with E-state index in [1.54, 1.807) is 5.32 Å². The van der Waals surface area contributed by atoms with E-state index in [1.165, 1.54) is 12.1 Å². The number of carbonyl (C=O) groups is 1. The highest BCUT2D eigenvalue weighted by Crippen LogP contribution is 2.28. The molecular weight excluding hydrogens is 296 g/mol. The fraction of sp³-hybridized carbons (Fsp3) is 0.300. The minimum Gasteiger partial charge on any atom is -0.318 e. The smallest absolute Gasteiger partial charge is 0.318 e. The molecule has 0 saturated heterocycles. The summed E-state index contributed by atoms with van der Waals surface area (Å²) in [6, 6.07) is 4.59. The molecule has 0 bridgehead atoms. The number of alkyl halides is 6. The molecule has 106 valence electrons. The number of hydrogen-bond donors (Lipinski definition) is 1. The van der Waals surface area contributed by atoms with E-state index < -0.39 is 24.0 Å². The Bertz CT molecular complexity index is 439. The third-order valence-electron chi connectivity index (χ3n) is 1.77. The SMILES string of the molecule is O=C(Nc1ccc(SCC(F)(F)F)cc1)C(F)(F)F. The van der Waals surface area contributed by atoms with Crippen molar-refractivity contribution >= 4 is 23.4 Å². The van der Waals surface area contributed by atoms with Gasteiger partial charge >= 0.3 is 18.3 Å². The van der Waals surface area contributed by atoms with Crippen LogP contribution in [0.4, 0.5) is 32.0 Å². The first kappa shape index (κ1) is 15.7. The van der Waals surface area contributed by atoms with Crippen molar-refractivity contribution in [3.8, 4) is 0 Å². The summed E-state index contributed by atoms with van der Waals surface area (Å²) < 4.78 is 71.5. The van der Waals surface area contributed by atoms with Gasteiger partial charge in [-0.05, 0) is 24.3 Å². The van der Waals surface area contributed by atoms with Gasteiger partial charge in [-0.1, -0.05) is 0 Å². The zero-order valence-corrected chi connectivity index (χ0v) is 9.92. The summed E-state index contributed by atoms with van der Waals surface area (Å²) in [5.74, 6) is -3.23. The number of halogens is 6. The highest BCUT2D eigenvalue weighted by Gasteiger charge is 2.38. The molecule has 19 heavy (non-hydrogen) atoms. The zero-order valence-electron chi connectivity index (χ0n) is 9.10. The highest BCUT2D eigenvalue weighted by atomic mass is 32.2. The van der Waals surface area contributed by atoms with Crippen molar-refractivity contribution in [1.82, 2.24) is 0 Å². The van der Waals surface area contributed by atoms with E-state index in [1.807, 2.05) is 0 Å². The summed E-state index contributed by atoms with van der Waals surface area (Å²) in [6.07, 6.45) is -9.34. The summed E-state index contributed by atoms with van der Waals surface area (Å²) in [7, 11) is 0. The average molecular weight is 303 g/mol. The monoisotopic (exact) mass is 303 g/mol. The summed E-state index contributed by atoms with van der Waals surface area (Å²) in [5, 5.41) is 1.59. The Balaban J connectivity index is 2.60. The lowest BCUT2D eigenvalue weighted by atomic mass is 10.3. The average Bonchev–Trinajstić information content (AvgIpc) is 2.26. The predicted molar refractivity (Wildman–Crippen MR) is 57.9 cm³/mol. The minimum atomic E-state index is -5.01. The van der Waals surface area contributed by atoms with E-state index in [9.17, 15) is 31.1 Å². The van der Waals surface area contributed by atoms with Crippen molar-refractivity contribution in [3.05, 3.63) is 24.3 Å². The molecule has 1 aromatic carbocycles. The first-order valence-corrected chi connectivity index (χ1v) is 5.74. The first-order chi connectivity index (χ1) is 8.58. The van der Waals surface area contributed by atoms with Crippen LogP contribution in [0.25, 0.3) is 0 Å². The van der Waals surface area contributed by atoms with Gasteiger partial charge in [-0.15, -0.1) is 11.8 Å². The predicted octanol–water partition coefficient (Wildman–Crippen LogP) is 3.84. The lowest BCUT2D eigenvalue weighted by Crippen LogP contribution is -2.29. The molecule has 0 aliphatic heterocycles. The fourth-order valence-electron chi connectivity index (χ4n) is 1.00. The second-order valence-corrected chi connectivity index (χ2v) is 4.43. The van der Waals surface area contributed by atoms with Gasteiger partial charge < -0.3 is 5.32 Å². The van der Waals surface area contributed by atoms with Crippen molar-refractivity contribution in [2.24, 2.45) is 0 Å². The maximum absolute atomic E-state index is 11.9. The number of benzene rings is 1. The number of rotatable bonds is 3. The standard InChI is InChI=1S/C10H7F6NOS/c11-9(12,13)5-19-7-3-1-6(2-4-7)17-8(18)10(14,15)16/h1-4H,5H2,(H,17,18). The van der Waals surface area contributed by atoms with Gasteiger partial charge in [-0.2, -0.15) is 26.3 Å². The molecule has 0 spiro atoms. The van der Waals surface area contributed by atoms with E-state index in [-0.39, 0.29) is 10.6 Å². The number of hydrogen-bond acceptors (Lipinski definition) is 2. The second-order valence-electron chi connectivity index (χ2n) is 3.38. The van der Waals surface area contributed by atoms with Crippen LogP contribution >= 0.6 is 11.8 Å². The van der Waals surface area contributed by atoms with Crippen LogP contribution in [0.3, 0.4) is 0 Å². The molecule has 0 fully saturated rings. The van der Waals surface area contributed by atoms with Crippen molar-refractivity contribution in [2.75, 3.05) is 11.1 Å². The second kappa shape index (κ2) is 5.72. The van der Waals surface area contributed by atoms with Crippen LogP contribution in [0.15, 0.2) is 29.2 Å². The van der Waals surface area contributed by atoms with E-state index >= 15 is 0 Å². The molecule has 1 rings (SSSR count). The van der Waals surface area contributed by atoms with Crippen molar-refractivity contribution < 1.29 is 31.1 Å². The van der Waals surface area contributed by atoms with Crippen LogP contribution < -0.4 is 5.32 Å². The topological polar surface area (TPSA) is 29.1 Å². The molecule has 1 amide bonds. The van der Waals surface area contributed by atoms with Crippen LogP contribution in [0.1, 0.15) is 0 Å². The van der Waals surface area contributed by atoms with Gasteiger partial charge in [0.25, 0.3) is 0 Å². The van der Waals surface area contributed by atoms with Crippen molar-refractivity contribution in [2.45, 2.75) is 17.2 Å². The summed E-state index contributed by atoms with van der Waals surface area (Å²) in [4.78, 5) is 10.8. The third kappa shape index (κ3) is 5.86. The zero-order chi connectivity index (χ0) is 14.7. The highest BCUT2D eigenvalue weighted by molar-refractivity contribution is 7.99. The molecule has 1 N–H and O–H groups in total. The Hall–Kier alpha value is -1.38. The summed E-state index contributed by atoms with van der Waals surface area (Å²) in [5.41, 5.74) is -0.140. The van der Waals surface area contributed by atoms with Gasteiger partial charge in [0.2, 0.25) is 0 Å². The van der Waals surface area contributed by atoms with Crippen molar-refractivity contribution in [1.29, 1.82) is 0 Å². The number of thioether (sulfide) groups is 1. The molecule has 0 aliphatic rings. The Kier molecular flexibility index (Phi) is 4.72. The van der Waals surface area contributed by atoms with Gasteiger partial charge in [-0.3, -0.25) is 4.79 Å². The largest absolute Gasteiger partial charge is 0.471 e. The Morgan fingerprint density at radius 1 is 1.05 bits per heavy atom. The molecule has 0 heterocycles. The van der Waals surface area contributed by atoms with Crippen LogP contribution in [-0.4, -0.2) is 24.0 Å². The van der Waals surface area contributed by atoms with Gasteiger partial charge in [0.15, 0.2) is 0 Å². The summed E-state index contributed by atoms with van der Waals surface area (Å²) >= 11 is 0.501. The molecule has 1 aromatic rings. The van der Waals surface area contributed by atoms with Crippen LogP contribution in [0.2, 0.25) is 0 Å². The van der Waals surface area contributed by atoms with Crippen LogP contribution in [0.5, 0.6) is 0 Å². The Morgan fingerprint density at radius 2 is 1.58 bits per heavy atom. The van der Waals surface area contributed by atoms with Crippen LogP contribution in [0, 0.1) is 0 Å². The maximum Gasteiger partial charge on any atom is 0.471 e. The van der Waals surface area contributed by atoms with Gasteiger partial charge in [0, 0.05) is 10.6 Å². The maximum atomic E-state index is 11.9. The number of carbonyl (C=O) groups excluding carboxylic acids is 1. The molecule has 0 unspecified atom stereocenters. The number of amides is 1. The van der Waals surface area contributed by atoms with Gasteiger partial charge in [-0.25, -0.2) is 0 Å². The van der Waals surface area contributed by atoms with Gasteiger partial charge in [0.1, 0.15) is 0 Å². The van der Waals surface area contributed by atoms with Crippen LogP contribution in [-0.2, 0) is 4.79 Å². The lowest BCUT2D eigenvalue weighted by molar-refractivity contribution is -0.167. The molecule has 9 heteroatoms. The minimum absolute atomic E-state index is 0.140. The Labute approximate surface area is 108 Å². The molecule has 0 aliphatic carbocycles.